The highest BCUT2D eigenvalue weighted by Gasteiger charge is 2.31. The van der Waals surface area contributed by atoms with Crippen molar-refractivity contribution in [1.29, 1.82) is 0 Å². The summed E-state index contributed by atoms with van der Waals surface area (Å²) >= 11 is 0. The van der Waals surface area contributed by atoms with Crippen molar-refractivity contribution in [3.8, 4) is 5.69 Å². The third-order valence-electron chi connectivity index (χ3n) is 4.36. The van der Waals surface area contributed by atoms with Gasteiger partial charge in [0.1, 0.15) is 0 Å². The molecule has 0 saturated carbocycles. The van der Waals surface area contributed by atoms with Gasteiger partial charge >= 0.3 is 0 Å². The van der Waals surface area contributed by atoms with Crippen molar-refractivity contribution < 1.29 is 14.6 Å². The second-order valence-electron chi connectivity index (χ2n) is 6.36. The number of carbonyl (C=O) groups excluding carboxylic acids is 1. The molecular formula is C18H23N3O3. The average Bonchev–Trinajstić information content (AvgIpc) is 2.97. The standard InChI is InChI=1S/C18H23N3O3/c1-12-4-6-15(7-5-12)21-13(2)8-17(19-21)18(23)20-9-16(10-22)24-11-14(20)3/h4-8,14,16,22H,9-11H2,1-3H3. The van der Waals surface area contributed by atoms with Gasteiger partial charge in [-0.25, -0.2) is 4.68 Å². The minimum atomic E-state index is -0.328. The van der Waals surface area contributed by atoms with Gasteiger partial charge in [-0.2, -0.15) is 5.10 Å². The highest BCUT2D eigenvalue weighted by Crippen LogP contribution is 2.18. The molecule has 1 N–H and O–H groups in total. The number of carbonyl (C=O) groups is 1. The van der Waals surface area contributed by atoms with Gasteiger partial charge < -0.3 is 14.7 Å². The van der Waals surface area contributed by atoms with E-state index in [9.17, 15) is 9.90 Å². The number of benzene rings is 1. The lowest BCUT2D eigenvalue weighted by Gasteiger charge is -2.37. The topological polar surface area (TPSA) is 67.6 Å². The Hall–Kier alpha value is -2.18. The smallest absolute Gasteiger partial charge is 0.274 e. The fourth-order valence-corrected chi connectivity index (χ4v) is 2.88. The predicted octanol–water partition coefficient (Wildman–Crippen LogP) is 1.71. The van der Waals surface area contributed by atoms with E-state index >= 15 is 0 Å². The van der Waals surface area contributed by atoms with E-state index in [0.29, 0.717) is 18.8 Å². The Morgan fingerprint density at radius 1 is 1.33 bits per heavy atom. The van der Waals surface area contributed by atoms with Crippen LogP contribution in [-0.4, -0.2) is 57.6 Å². The molecule has 2 aromatic rings. The number of aryl methyl sites for hydroxylation is 2. The zero-order valence-corrected chi connectivity index (χ0v) is 14.3. The van der Waals surface area contributed by atoms with E-state index in [0.717, 1.165) is 11.4 Å². The Morgan fingerprint density at radius 3 is 2.71 bits per heavy atom. The van der Waals surface area contributed by atoms with Crippen molar-refractivity contribution >= 4 is 5.91 Å². The quantitative estimate of drug-likeness (QED) is 0.931. The highest BCUT2D eigenvalue weighted by atomic mass is 16.5. The number of amides is 1. The minimum absolute atomic E-state index is 0.0369. The third kappa shape index (κ3) is 3.20. The number of hydrogen-bond donors (Lipinski definition) is 1. The van der Waals surface area contributed by atoms with Gasteiger partial charge in [-0.15, -0.1) is 0 Å². The van der Waals surface area contributed by atoms with Crippen LogP contribution >= 0.6 is 0 Å². The summed E-state index contributed by atoms with van der Waals surface area (Å²) in [6, 6.07) is 9.79. The molecule has 128 valence electrons. The fraction of sp³-hybridized carbons (Fsp3) is 0.444. The van der Waals surface area contributed by atoms with E-state index in [1.54, 1.807) is 15.6 Å². The summed E-state index contributed by atoms with van der Waals surface area (Å²) in [6.45, 7) is 6.62. The number of nitrogens with zero attached hydrogens (tertiary/aromatic N) is 3. The number of rotatable bonds is 3. The maximum absolute atomic E-state index is 12.8. The van der Waals surface area contributed by atoms with E-state index < -0.39 is 0 Å². The van der Waals surface area contributed by atoms with Gasteiger partial charge in [0, 0.05) is 12.2 Å². The van der Waals surface area contributed by atoms with Gasteiger partial charge in [0.15, 0.2) is 5.69 Å². The molecule has 2 atom stereocenters. The molecule has 0 bridgehead atoms. The van der Waals surface area contributed by atoms with E-state index in [-0.39, 0.29) is 24.7 Å². The average molecular weight is 329 g/mol. The molecule has 1 aromatic carbocycles. The van der Waals surface area contributed by atoms with Crippen LogP contribution in [0.15, 0.2) is 30.3 Å². The van der Waals surface area contributed by atoms with Crippen molar-refractivity contribution in [1.82, 2.24) is 14.7 Å². The van der Waals surface area contributed by atoms with Crippen LogP contribution in [0.25, 0.3) is 5.69 Å². The number of aliphatic hydroxyl groups is 1. The van der Waals surface area contributed by atoms with Crippen LogP contribution in [0.3, 0.4) is 0 Å². The van der Waals surface area contributed by atoms with Crippen molar-refractivity contribution in [2.45, 2.75) is 32.9 Å². The van der Waals surface area contributed by atoms with Crippen LogP contribution in [0, 0.1) is 13.8 Å². The summed E-state index contributed by atoms with van der Waals surface area (Å²) in [6.07, 6.45) is -0.328. The monoisotopic (exact) mass is 329 g/mol. The highest BCUT2D eigenvalue weighted by molar-refractivity contribution is 5.92. The van der Waals surface area contributed by atoms with Crippen molar-refractivity contribution in [2.75, 3.05) is 19.8 Å². The minimum Gasteiger partial charge on any atom is -0.394 e. The molecule has 1 aliphatic rings. The molecule has 1 fully saturated rings. The largest absolute Gasteiger partial charge is 0.394 e. The molecule has 2 heterocycles. The molecule has 0 spiro atoms. The van der Waals surface area contributed by atoms with E-state index in [4.69, 9.17) is 4.74 Å². The van der Waals surface area contributed by atoms with Crippen molar-refractivity contribution in [3.05, 3.63) is 47.3 Å². The first-order valence-electron chi connectivity index (χ1n) is 8.16. The van der Waals surface area contributed by atoms with Crippen LogP contribution in [-0.2, 0) is 4.74 Å². The number of hydrogen-bond acceptors (Lipinski definition) is 4. The van der Waals surface area contributed by atoms with Crippen LogP contribution in [0.2, 0.25) is 0 Å². The zero-order valence-electron chi connectivity index (χ0n) is 14.3. The van der Waals surface area contributed by atoms with E-state index in [2.05, 4.69) is 5.10 Å². The van der Waals surface area contributed by atoms with Crippen LogP contribution in [0.5, 0.6) is 0 Å². The van der Waals surface area contributed by atoms with E-state index in [1.807, 2.05) is 45.0 Å². The molecule has 3 rings (SSSR count). The van der Waals surface area contributed by atoms with Gasteiger partial charge in [0.05, 0.1) is 31.0 Å². The Balaban J connectivity index is 1.86. The maximum Gasteiger partial charge on any atom is 0.274 e. The number of morpholine rings is 1. The molecule has 24 heavy (non-hydrogen) atoms. The molecule has 6 heteroatoms. The third-order valence-corrected chi connectivity index (χ3v) is 4.36. The molecule has 0 aliphatic carbocycles. The molecule has 1 saturated heterocycles. The summed E-state index contributed by atoms with van der Waals surface area (Å²) in [5.41, 5.74) is 3.43. The Kier molecular flexibility index (Phi) is 4.69. The lowest BCUT2D eigenvalue weighted by Crippen LogP contribution is -2.52. The van der Waals surface area contributed by atoms with Crippen LogP contribution < -0.4 is 0 Å². The van der Waals surface area contributed by atoms with Crippen LogP contribution in [0.1, 0.15) is 28.7 Å². The SMILES string of the molecule is Cc1ccc(-n2nc(C(=O)N3CC(CO)OCC3C)cc2C)cc1. The molecule has 2 unspecified atom stereocenters. The van der Waals surface area contributed by atoms with Gasteiger partial charge in [0.2, 0.25) is 0 Å². The molecular weight excluding hydrogens is 306 g/mol. The molecule has 1 amide bonds. The fourth-order valence-electron chi connectivity index (χ4n) is 2.88. The van der Waals surface area contributed by atoms with Crippen molar-refractivity contribution in [3.63, 3.8) is 0 Å². The summed E-state index contributed by atoms with van der Waals surface area (Å²) in [4.78, 5) is 14.6. The first kappa shape index (κ1) is 16.7. The number of ether oxygens (including phenoxy) is 1. The van der Waals surface area contributed by atoms with Gasteiger partial charge in [-0.1, -0.05) is 17.7 Å². The Bertz CT molecular complexity index is 724. The number of aliphatic hydroxyl groups excluding tert-OH is 1. The Morgan fingerprint density at radius 2 is 2.04 bits per heavy atom. The van der Waals surface area contributed by atoms with Gasteiger partial charge in [-0.3, -0.25) is 4.79 Å². The van der Waals surface area contributed by atoms with Gasteiger partial charge in [-0.05, 0) is 39.0 Å². The van der Waals surface area contributed by atoms with E-state index in [1.165, 1.54) is 5.56 Å². The second kappa shape index (κ2) is 6.75. The Labute approximate surface area is 141 Å². The van der Waals surface area contributed by atoms with Crippen LogP contribution in [0.4, 0.5) is 0 Å². The molecule has 1 aliphatic heterocycles. The first-order valence-corrected chi connectivity index (χ1v) is 8.16. The summed E-state index contributed by atoms with van der Waals surface area (Å²) in [7, 11) is 0. The normalized spacial score (nSPS) is 21.1. The lowest BCUT2D eigenvalue weighted by atomic mass is 10.2. The molecule has 1 aromatic heterocycles. The summed E-state index contributed by atoms with van der Waals surface area (Å²) in [5, 5.41) is 13.8. The lowest BCUT2D eigenvalue weighted by molar-refractivity contribution is -0.0668. The summed E-state index contributed by atoms with van der Waals surface area (Å²) < 4.78 is 7.27. The first-order chi connectivity index (χ1) is 11.5. The van der Waals surface area contributed by atoms with Crippen molar-refractivity contribution in [2.24, 2.45) is 0 Å². The predicted molar refractivity (Wildman–Crippen MR) is 90.4 cm³/mol. The summed E-state index contributed by atoms with van der Waals surface area (Å²) in [5.74, 6) is -0.127. The number of aromatic nitrogens is 2. The van der Waals surface area contributed by atoms with Gasteiger partial charge in [0.25, 0.3) is 5.91 Å². The molecule has 6 nitrogen and oxygen atoms in total. The maximum atomic E-state index is 12.8. The molecule has 0 radical (unpaired) electrons. The second-order valence-corrected chi connectivity index (χ2v) is 6.36. The zero-order chi connectivity index (χ0) is 17.3.